The molecule has 0 atom stereocenters. The van der Waals surface area contributed by atoms with Gasteiger partial charge in [0.25, 0.3) is 0 Å². The molecule has 0 bridgehead atoms. The summed E-state index contributed by atoms with van der Waals surface area (Å²) in [5, 5.41) is 6.63. The first-order chi connectivity index (χ1) is 8.63. The van der Waals surface area contributed by atoms with E-state index in [1.54, 1.807) is 42.2 Å². The van der Waals surface area contributed by atoms with Crippen LogP contribution in [-0.4, -0.2) is 15.7 Å². The van der Waals surface area contributed by atoms with Gasteiger partial charge in [-0.15, -0.1) is 0 Å². The normalized spacial score (nSPS) is 10.8. The number of nitrogens with zero attached hydrogens (tertiary/aromatic N) is 2. The molecule has 0 unspecified atom stereocenters. The fourth-order valence-corrected chi connectivity index (χ4v) is 1.40. The first-order valence-electron chi connectivity index (χ1n) is 5.38. The van der Waals surface area contributed by atoms with E-state index in [2.05, 4.69) is 10.4 Å². The van der Waals surface area contributed by atoms with Crippen molar-refractivity contribution in [2.24, 2.45) is 7.05 Å². The third-order valence-electron chi connectivity index (χ3n) is 2.26. The van der Waals surface area contributed by atoms with Gasteiger partial charge < -0.3 is 5.32 Å². The Labute approximate surface area is 104 Å². The molecular formula is C13H12FN3O. The van der Waals surface area contributed by atoms with E-state index in [0.29, 0.717) is 5.82 Å². The number of anilines is 1. The predicted molar refractivity (Wildman–Crippen MR) is 67.3 cm³/mol. The third-order valence-corrected chi connectivity index (χ3v) is 2.26. The maximum atomic E-state index is 12.7. The Morgan fingerprint density at radius 3 is 2.67 bits per heavy atom. The van der Waals surface area contributed by atoms with Crippen molar-refractivity contribution in [3.63, 3.8) is 0 Å². The number of halogens is 1. The van der Waals surface area contributed by atoms with E-state index in [-0.39, 0.29) is 11.7 Å². The SMILES string of the molecule is Cn1ccc(NC(=O)C=Cc2ccc(F)cc2)n1. The lowest BCUT2D eigenvalue weighted by molar-refractivity contribution is -0.111. The van der Waals surface area contributed by atoms with Crippen LogP contribution in [0.5, 0.6) is 0 Å². The average Bonchev–Trinajstić information content (AvgIpc) is 2.74. The van der Waals surface area contributed by atoms with Gasteiger partial charge in [0.1, 0.15) is 5.82 Å². The van der Waals surface area contributed by atoms with Crippen LogP contribution in [0.2, 0.25) is 0 Å². The van der Waals surface area contributed by atoms with Crippen molar-refractivity contribution in [1.82, 2.24) is 9.78 Å². The summed E-state index contributed by atoms with van der Waals surface area (Å²) in [5.41, 5.74) is 0.757. The van der Waals surface area contributed by atoms with Gasteiger partial charge in [-0.25, -0.2) is 4.39 Å². The number of hydrogen-bond acceptors (Lipinski definition) is 2. The minimum Gasteiger partial charge on any atom is -0.306 e. The highest BCUT2D eigenvalue weighted by atomic mass is 19.1. The van der Waals surface area contributed by atoms with Crippen molar-refractivity contribution >= 4 is 17.8 Å². The first kappa shape index (κ1) is 12.0. The number of amides is 1. The molecule has 2 rings (SSSR count). The lowest BCUT2D eigenvalue weighted by Crippen LogP contribution is -2.08. The lowest BCUT2D eigenvalue weighted by Gasteiger charge is -1.96. The van der Waals surface area contributed by atoms with Gasteiger partial charge in [-0.05, 0) is 23.8 Å². The van der Waals surface area contributed by atoms with Crippen LogP contribution in [0, 0.1) is 5.82 Å². The van der Waals surface area contributed by atoms with E-state index in [1.807, 2.05) is 0 Å². The Balaban J connectivity index is 1.96. The molecule has 0 spiro atoms. The van der Waals surface area contributed by atoms with Gasteiger partial charge in [0, 0.05) is 25.4 Å². The summed E-state index contributed by atoms with van der Waals surface area (Å²) in [7, 11) is 1.77. The molecule has 0 saturated heterocycles. The molecule has 5 heteroatoms. The summed E-state index contributed by atoms with van der Waals surface area (Å²) in [6.07, 6.45) is 4.72. The summed E-state index contributed by atoms with van der Waals surface area (Å²) in [5.74, 6) is -0.0885. The quantitative estimate of drug-likeness (QED) is 0.843. The highest BCUT2D eigenvalue weighted by Gasteiger charge is 2.00. The molecule has 0 aliphatic carbocycles. The number of benzene rings is 1. The second-order valence-electron chi connectivity index (χ2n) is 3.75. The topological polar surface area (TPSA) is 46.9 Å². The molecule has 4 nitrogen and oxygen atoms in total. The molecule has 0 fully saturated rings. The average molecular weight is 245 g/mol. The van der Waals surface area contributed by atoms with E-state index < -0.39 is 0 Å². The van der Waals surface area contributed by atoms with Crippen LogP contribution in [0.15, 0.2) is 42.6 Å². The Morgan fingerprint density at radius 2 is 2.06 bits per heavy atom. The molecule has 18 heavy (non-hydrogen) atoms. The van der Waals surface area contributed by atoms with Gasteiger partial charge in [0.2, 0.25) is 5.91 Å². The van der Waals surface area contributed by atoms with Crippen LogP contribution < -0.4 is 5.32 Å². The number of aromatic nitrogens is 2. The summed E-state index contributed by atoms with van der Waals surface area (Å²) in [6.45, 7) is 0. The highest BCUT2D eigenvalue weighted by Crippen LogP contribution is 2.05. The van der Waals surface area contributed by atoms with E-state index >= 15 is 0 Å². The van der Waals surface area contributed by atoms with Gasteiger partial charge in [-0.3, -0.25) is 9.48 Å². The minimum absolute atomic E-state index is 0.280. The standard InChI is InChI=1S/C13H12FN3O/c1-17-9-8-12(16-17)15-13(18)7-4-10-2-5-11(14)6-3-10/h2-9H,1H3,(H,15,16,18). The molecule has 0 radical (unpaired) electrons. The van der Waals surface area contributed by atoms with Gasteiger partial charge in [0.15, 0.2) is 5.82 Å². The van der Waals surface area contributed by atoms with Crippen LogP contribution in [0.25, 0.3) is 6.08 Å². The number of carbonyl (C=O) groups excluding carboxylic acids is 1. The zero-order valence-electron chi connectivity index (χ0n) is 9.80. The molecule has 0 aliphatic rings. The Morgan fingerprint density at radius 1 is 1.33 bits per heavy atom. The van der Waals surface area contributed by atoms with Crippen molar-refractivity contribution in [2.45, 2.75) is 0 Å². The van der Waals surface area contributed by atoms with E-state index in [4.69, 9.17) is 0 Å². The Hall–Kier alpha value is -2.43. The first-order valence-corrected chi connectivity index (χ1v) is 5.38. The Kier molecular flexibility index (Phi) is 3.52. The van der Waals surface area contributed by atoms with Crippen molar-refractivity contribution in [3.05, 3.63) is 54.0 Å². The minimum atomic E-state index is -0.301. The number of rotatable bonds is 3. The van der Waals surface area contributed by atoms with Gasteiger partial charge >= 0.3 is 0 Å². The summed E-state index contributed by atoms with van der Waals surface area (Å²) >= 11 is 0. The zero-order valence-corrected chi connectivity index (χ0v) is 9.80. The fourth-order valence-electron chi connectivity index (χ4n) is 1.40. The maximum Gasteiger partial charge on any atom is 0.249 e. The number of nitrogens with one attached hydrogen (secondary N) is 1. The molecule has 1 amide bonds. The van der Waals surface area contributed by atoms with Crippen LogP contribution in [0.3, 0.4) is 0 Å². The number of hydrogen-bond donors (Lipinski definition) is 1. The molecule has 2 aromatic rings. The summed E-state index contributed by atoms with van der Waals surface area (Å²) in [6, 6.07) is 7.58. The second-order valence-corrected chi connectivity index (χ2v) is 3.75. The molecule has 1 aromatic heterocycles. The maximum absolute atomic E-state index is 12.7. The second kappa shape index (κ2) is 5.27. The van der Waals surface area contributed by atoms with E-state index in [0.717, 1.165) is 5.56 Å². The van der Waals surface area contributed by atoms with E-state index in [1.165, 1.54) is 18.2 Å². The van der Waals surface area contributed by atoms with Crippen LogP contribution in [0.4, 0.5) is 10.2 Å². The molecule has 0 aliphatic heterocycles. The van der Waals surface area contributed by atoms with Gasteiger partial charge in [0.05, 0.1) is 0 Å². The van der Waals surface area contributed by atoms with Crippen LogP contribution in [0.1, 0.15) is 5.56 Å². The van der Waals surface area contributed by atoms with Crippen molar-refractivity contribution in [1.29, 1.82) is 0 Å². The van der Waals surface area contributed by atoms with Gasteiger partial charge in [-0.2, -0.15) is 5.10 Å². The zero-order chi connectivity index (χ0) is 13.0. The molecule has 1 aromatic carbocycles. The smallest absolute Gasteiger partial charge is 0.249 e. The molecule has 1 heterocycles. The van der Waals surface area contributed by atoms with Gasteiger partial charge in [-0.1, -0.05) is 12.1 Å². The van der Waals surface area contributed by atoms with Crippen LogP contribution >= 0.6 is 0 Å². The number of carbonyl (C=O) groups is 1. The largest absolute Gasteiger partial charge is 0.306 e. The van der Waals surface area contributed by atoms with Crippen molar-refractivity contribution in [2.75, 3.05) is 5.32 Å². The molecular weight excluding hydrogens is 233 g/mol. The van der Waals surface area contributed by atoms with Crippen molar-refractivity contribution in [3.8, 4) is 0 Å². The summed E-state index contributed by atoms with van der Waals surface area (Å²) < 4.78 is 14.3. The predicted octanol–water partition coefficient (Wildman–Crippen LogP) is 2.21. The fraction of sp³-hybridized carbons (Fsp3) is 0.0769. The van der Waals surface area contributed by atoms with Crippen molar-refractivity contribution < 1.29 is 9.18 Å². The number of aryl methyl sites for hydroxylation is 1. The summed E-state index contributed by atoms with van der Waals surface area (Å²) in [4.78, 5) is 11.5. The monoisotopic (exact) mass is 245 g/mol. The Bertz CT molecular complexity index is 572. The highest BCUT2D eigenvalue weighted by molar-refractivity contribution is 6.01. The molecule has 0 saturated carbocycles. The lowest BCUT2D eigenvalue weighted by atomic mass is 10.2. The van der Waals surface area contributed by atoms with Crippen LogP contribution in [-0.2, 0) is 11.8 Å². The third kappa shape index (κ3) is 3.28. The van der Waals surface area contributed by atoms with E-state index in [9.17, 15) is 9.18 Å². The molecule has 92 valence electrons. The molecule has 1 N–H and O–H groups in total.